The van der Waals surface area contributed by atoms with Crippen LogP contribution in [-0.2, 0) is 4.74 Å². The predicted molar refractivity (Wildman–Crippen MR) is 103 cm³/mol. The fraction of sp³-hybridized carbons (Fsp3) is 0.714. The molecule has 5 heteroatoms. The van der Waals surface area contributed by atoms with Gasteiger partial charge in [-0.1, -0.05) is 19.9 Å². The lowest BCUT2D eigenvalue weighted by atomic mass is 9.79. The second-order valence-corrected chi connectivity index (χ2v) is 8.22. The Labute approximate surface area is 157 Å². The van der Waals surface area contributed by atoms with Crippen molar-refractivity contribution in [3.05, 3.63) is 30.1 Å². The smallest absolute Gasteiger partial charge is 0.201 e. The molecular weight excluding hydrogens is 326 g/mol. The SMILES string of the molecule is CC(C)CCN1CCN(C2(C(=O)c3ccccn3)CCOC(C)C2)CC1. The number of ketones is 1. The first-order valence-corrected chi connectivity index (χ1v) is 10.1. The highest BCUT2D eigenvalue weighted by Gasteiger charge is 2.48. The summed E-state index contributed by atoms with van der Waals surface area (Å²) < 4.78 is 5.79. The molecule has 0 aromatic carbocycles. The van der Waals surface area contributed by atoms with Gasteiger partial charge in [-0.2, -0.15) is 0 Å². The first-order valence-electron chi connectivity index (χ1n) is 10.1. The number of carbonyl (C=O) groups is 1. The lowest BCUT2D eigenvalue weighted by molar-refractivity contribution is -0.0644. The molecule has 1 aromatic rings. The Morgan fingerprint density at radius 3 is 2.69 bits per heavy atom. The number of Topliss-reactive ketones (excluding diaryl/α,β-unsaturated/α-hetero) is 1. The molecule has 0 bridgehead atoms. The number of ether oxygens (including phenoxy) is 1. The molecule has 0 N–H and O–H groups in total. The van der Waals surface area contributed by atoms with Gasteiger partial charge >= 0.3 is 0 Å². The van der Waals surface area contributed by atoms with E-state index in [0.717, 1.165) is 51.5 Å². The van der Waals surface area contributed by atoms with Gasteiger partial charge in [0.1, 0.15) is 5.69 Å². The van der Waals surface area contributed by atoms with E-state index < -0.39 is 5.54 Å². The number of hydrogen-bond donors (Lipinski definition) is 0. The van der Waals surface area contributed by atoms with E-state index in [1.807, 2.05) is 18.2 Å². The van der Waals surface area contributed by atoms with E-state index >= 15 is 0 Å². The third kappa shape index (κ3) is 4.33. The number of hydrogen-bond acceptors (Lipinski definition) is 5. The van der Waals surface area contributed by atoms with Crippen molar-refractivity contribution in [2.24, 2.45) is 5.92 Å². The molecule has 1 aromatic heterocycles. The van der Waals surface area contributed by atoms with E-state index in [2.05, 4.69) is 35.6 Å². The minimum absolute atomic E-state index is 0.107. The molecule has 0 aliphatic carbocycles. The Balaban J connectivity index is 1.74. The normalized spacial score (nSPS) is 28.4. The standard InChI is InChI=1S/C21H33N3O2/c1-17(2)7-10-23-11-13-24(14-12-23)21(8-15-26-18(3)16-21)20(25)19-6-4-5-9-22-19/h4-6,9,17-18H,7-8,10-16H2,1-3H3. The number of carbonyl (C=O) groups excluding carboxylic acids is 1. The molecule has 0 spiro atoms. The fourth-order valence-corrected chi connectivity index (χ4v) is 4.28. The van der Waals surface area contributed by atoms with Gasteiger partial charge in [0.2, 0.25) is 5.78 Å². The number of rotatable bonds is 6. The largest absolute Gasteiger partial charge is 0.378 e. The van der Waals surface area contributed by atoms with E-state index in [0.29, 0.717) is 12.3 Å². The number of pyridine rings is 1. The molecule has 0 saturated carbocycles. The van der Waals surface area contributed by atoms with Crippen LogP contribution in [0.1, 0.15) is 50.5 Å². The van der Waals surface area contributed by atoms with Gasteiger partial charge in [-0.3, -0.25) is 14.7 Å². The first-order chi connectivity index (χ1) is 12.5. The molecule has 3 rings (SSSR count). The van der Waals surface area contributed by atoms with Gasteiger partial charge in [-0.15, -0.1) is 0 Å². The molecule has 0 radical (unpaired) electrons. The zero-order chi connectivity index (χ0) is 18.6. The van der Waals surface area contributed by atoms with Crippen molar-refractivity contribution >= 4 is 5.78 Å². The zero-order valence-corrected chi connectivity index (χ0v) is 16.5. The lowest BCUT2D eigenvalue weighted by Gasteiger charge is -2.49. The van der Waals surface area contributed by atoms with E-state index in [9.17, 15) is 4.79 Å². The molecular formula is C21H33N3O2. The lowest BCUT2D eigenvalue weighted by Crippen LogP contribution is -2.63. The Morgan fingerprint density at radius 1 is 1.31 bits per heavy atom. The summed E-state index contributed by atoms with van der Waals surface area (Å²) in [4.78, 5) is 22.8. The van der Waals surface area contributed by atoms with Crippen LogP contribution in [0.15, 0.2) is 24.4 Å². The summed E-state index contributed by atoms with van der Waals surface area (Å²) in [6, 6.07) is 5.62. The van der Waals surface area contributed by atoms with Crippen LogP contribution in [0.3, 0.4) is 0 Å². The van der Waals surface area contributed by atoms with Gasteiger partial charge in [-0.25, -0.2) is 0 Å². The second kappa shape index (κ2) is 8.59. The van der Waals surface area contributed by atoms with Gasteiger partial charge in [0.15, 0.2) is 0 Å². The van der Waals surface area contributed by atoms with Crippen LogP contribution in [0.5, 0.6) is 0 Å². The molecule has 26 heavy (non-hydrogen) atoms. The molecule has 0 amide bonds. The maximum atomic E-state index is 13.5. The maximum absolute atomic E-state index is 13.5. The second-order valence-electron chi connectivity index (χ2n) is 8.22. The fourth-order valence-electron chi connectivity index (χ4n) is 4.28. The maximum Gasteiger partial charge on any atom is 0.201 e. The van der Waals surface area contributed by atoms with Crippen molar-refractivity contribution < 1.29 is 9.53 Å². The van der Waals surface area contributed by atoms with Crippen molar-refractivity contribution in [1.29, 1.82) is 0 Å². The van der Waals surface area contributed by atoms with Crippen molar-refractivity contribution in [2.75, 3.05) is 39.3 Å². The van der Waals surface area contributed by atoms with E-state index in [1.165, 1.54) is 6.42 Å². The molecule has 2 unspecified atom stereocenters. The van der Waals surface area contributed by atoms with Crippen LogP contribution in [0.25, 0.3) is 0 Å². The Morgan fingerprint density at radius 2 is 2.08 bits per heavy atom. The average molecular weight is 360 g/mol. The van der Waals surface area contributed by atoms with Gasteiger partial charge in [-0.05, 0) is 50.8 Å². The quantitative estimate of drug-likeness (QED) is 0.731. The van der Waals surface area contributed by atoms with Crippen molar-refractivity contribution in [2.45, 2.75) is 51.7 Å². The summed E-state index contributed by atoms with van der Waals surface area (Å²) in [6.45, 7) is 12.4. The van der Waals surface area contributed by atoms with Crippen LogP contribution in [0.2, 0.25) is 0 Å². The van der Waals surface area contributed by atoms with E-state index in [4.69, 9.17) is 4.74 Å². The van der Waals surface area contributed by atoms with Crippen LogP contribution in [0.4, 0.5) is 0 Å². The molecule has 2 saturated heterocycles. The minimum Gasteiger partial charge on any atom is -0.378 e. The summed E-state index contributed by atoms with van der Waals surface area (Å²) in [5.74, 6) is 0.908. The van der Waals surface area contributed by atoms with Crippen LogP contribution < -0.4 is 0 Å². The Hall–Kier alpha value is -1.30. The molecule has 2 aliphatic rings. The predicted octanol–water partition coefficient (Wildman–Crippen LogP) is 2.87. The summed E-state index contributed by atoms with van der Waals surface area (Å²) in [5.41, 5.74) is 0.125. The average Bonchev–Trinajstić information content (AvgIpc) is 2.66. The van der Waals surface area contributed by atoms with Crippen LogP contribution in [-0.4, -0.2) is 71.5 Å². The minimum atomic E-state index is -0.462. The molecule has 2 atom stereocenters. The van der Waals surface area contributed by atoms with Gasteiger partial charge in [0, 0.05) is 39.0 Å². The van der Waals surface area contributed by atoms with Crippen molar-refractivity contribution in [3.63, 3.8) is 0 Å². The highest BCUT2D eigenvalue weighted by molar-refractivity contribution is 6.01. The highest BCUT2D eigenvalue weighted by atomic mass is 16.5. The molecule has 3 heterocycles. The van der Waals surface area contributed by atoms with Gasteiger partial charge < -0.3 is 9.64 Å². The van der Waals surface area contributed by atoms with E-state index in [-0.39, 0.29) is 11.9 Å². The molecule has 2 aliphatic heterocycles. The van der Waals surface area contributed by atoms with Crippen LogP contribution >= 0.6 is 0 Å². The van der Waals surface area contributed by atoms with E-state index in [1.54, 1.807) is 6.20 Å². The van der Waals surface area contributed by atoms with Gasteiger partial charge in [0.25, 0.3) is 0 Å². The third-order valence-corrected chi connectivity index (χ3v) is 5.86. The topological polar surface area (TPSA) is 45.7 Å². The molecule has 144 valence electrons. The number of piperazine rings is 1. The Kier molecular flexibility index (Phi) is 6.43. The number of aromatic nitrogens is 1. The molecule has 2 fully saturated rings. The summed E-state index contributed by atoms with van der Waals surface area (Å²) in [6.07, 6.45) is 4.58. The summed E-state index contributed by atoms with van der Waals surface area (Å²) in [5, 5.41) is 0. The van der Waals surface area contributed by atoms with Crippen LogP contribution in [0, 0.1) is 5.92 Å². The van der Waals surface area contributed by atoms with Crippen molar-refractivity contribution in [1.82, 2.24) is 14.8 Å². The van der Waals surface area contributed by atoms with Gasteiger partial charge in [0.05, 0.1) is 11.6 Å². The third-order valence-electron chi connectivity index (χ3n) is 5.86. The van der Waals surface area contributed by atoms with Crippen molar-refractivity contribution in [3.8, 4) is 0 Å². The number of nitrogens with zero attached hydrogens (tertiary/aromatic N) is 3. The summed E-state index contributed by atoms with van der Waals surface area (Å²) >= 11 is 0. The first kappa shape index (κ1) is 19.5. The monoisotopic (exact) mass is 359 g/mol. The Bertz CT molecular complexity index is 584. The highest BCUT2D eigenvalue weighted by Crippen LogP contribution is 2.35. The zero-order valence-electron chi connectivity index (χ0n) is 16.5. The summed E-state index contributed by atoms with van der Waals surface area (Å²) in [7, 11) is 0. The molecule has 5 nitrogen and oxygen atoms in total.